The number of amides is 4. The number of rotatable bonds is 10. The number of esters is 1. The average molecular weight is 609 g/mol. The molecule has 1 heterocycles. The molecule has 3 atom stereocenters. The lowest BCUT2D eigenvalue weighted by molar-refractivity contribution is -0.159. The highest BCUT2D eigenvalue weighted by atomic mass is 16.6. The lowest BCUT2D eigenvalue weighted by Crippen LogP contribution is -2.61. The maximum Gasteiger partial charge on any atom is 0.408 e. The number of benzene rings is 2. The van der Waals surface area contributed by atoms with Crippen molar-refractivity contribution in [2.45, 2.75) is 97.7 Å². The summed E-state index contributed by atoms with van der Waals surface area (Å²) < 4.78 is 10.9. The smallest absolute Gasteiger partial charge is 0.408 e. The van der Waals surface area contributed by atoms with Crippen LogP contribution in [0.15, 0.2) is 54.6 Å². The van der Waals surface area contributed by atoms with E-state index in [9.17, 15) is 24.0 Å². The minimum absolute atomic E-state index is 0.0250. The summed E-state index contributed by atoms with van der Waals surface area (Å²) in [6, 6.07) is 13.4. The molecule has 1 aliphatic heterocycles. The number of nitrogens with zero attached hydrogens (tertiary/aromatic N) is 1. The van der Waals surface area contributed by atoms with E-state index in [4.69, 9.17) is 15.2 Å². The van der Waals surface area contributed by atoms with E-state index < -0.39 is 58.9 Å². The molecule has 4 N–H and O–H groups in total. The minimum atomic E-state index is -1.16. The molecule has 0 unspecified atom stereocenters. The molecule has 0 saturated heterocycles. The lowest BCUT2D eigenvalue weighted by atomic mass is 9.84. The number of carbonyl (C=O) groups is 5. The van der Waals surface area contributed by atoms with Crippen molar-refractivity contribution < 1.29 is 33.4 Å². The van der Waals surface area contributed by atoms with Crippen molar-refractivity contribution in [2.24, 2.45) is 11.1 Å². The highest BCUT2D eigenvalue weighted by molar-refractivity contribution is 5.94. The summed E-state index contributed by atoms with van der Waals surface area (Å²) in [6.07, 6.45) is -0.800. The zero-order valence-electron chi connectivity index (χ0n) is 26.3. The SMILES string of the molecule is CC(C)(C)OC(=O)[C@H](CCC(N)=O)NC(=O)[C@@H]1Cc2ccccc2CN1C(=O)[C@@H](NC(=O)OCc1ccccc1)C(C)(C)C. The molecule has 2 aromatic carbocycles. The van der Waals surface area contributed by atoms with Gasteiger partial charge in [-0.05, 0) is 49.3 Å². The molecule has 0 fully saturated rings. The van der Waals surface area contributed by atoms with Gasteiger partial charge >= 0.3 is 12.1 Å². The second-order valence-corrected chi connectivity index (χ2v) is 13.1. The van der Waals surface area contributed by atoms with E-state index in [2.05, 4.69) is 10.6 Å². The molecule has 3 rings (SSSR count). The van der Waals surface area contributed by atoms with E-state index >= 15 is 0 Å². The molecule has 4 amide bonds. The topological polar surface area (TPSA) is 157 Å². The van der Waals surface area contributed by atoms with Gasteiger partial charge in [-0.15, -0.1) is 0 Å². The molecule has 0 saturated carbocycles. The van der Waals surface area contributed by atoms with Crippen molar-refractivity contribution in [2.75, 3.05) is 0 Å². The Morgan fingerprint density at radius 3 is 2.11 bits per heavy atom. The first kappa shape index (κ1) is 34.1. The van der Waals surface area contributed by atoms with Gasteiger partial charge in [0.05, 0.1) is 0 Å². The zero-order chi connectivity index (χ0) is 32.7. The van der Waals surface area contributed by atoms with Gasteiger partial charge in [0.25, 0.3) is 0 Å². The van der Waals surface area contributed by atoms with Gasteiger partial charge in [0.1, 0.15) is 30.3 Å². The fourth-order valence-electron chi connectivity index (χ4n) is 4.86. The average Bonchev–Trinajstić information content (AvgIpc) is 2.94. The van der Waals surface area contributed by atoms with Crippen LogP contribution in [-0.4, -0.2) is 58.4 Å². The first-order chi connectivity index (χ1) is 20.5. The quantitative estimate of drug-likeness (QED) is 0.349. The van der Waals surface area contributed by atoms with Gasteiger partial charge in [0.2, 0.25) is 17.7 Å². The molecule has 0 bridgehead atoms. The van der Waals surface area contributed by atoms with Crippen molar-refractivity contribution in [3.05, 3.63) is 71.3 Å². The Labute approximate surface area is 258 Å². The van der Waals surface area contributed by atoms with Crippen LogP contribution in [0.1, 0.15) is 71.1 Å². The van der Waals surface area contributed by atoms with Crippen LogP contribution in [0.25, 0.3) is 0 Å². The Morgan fingerprint density at radius 1 is 0.909 bits per heavy atom. The van der Waals surface area contributed by atoms with E-state index in [0.29, 0.717) is 0 Å². The van der Waals surface area contributed by atoms with Crippen LogP contribution >= 0.6 is 0 Å². The Morgan fingerprint density at radius 2 is 1.52 bits per heavy atom. The summed E-state index contributed by atoms with van der Waals surface area (Å²) in [5, 5.41) is 5.43. The lowest BCUT2D eigenvalue weighted by Gasteiger charge is -2.41. The number of ether oxygens (including phenoxy) is 2. The van der Waals surface area contributed by atoms with Gasteiger partial charge in [-0.25, -0.2) is 9.59 Å². The minimum Gasteiger partial charge on any atom is -0.458 e. The highest BCUT2D eigenvalue weighted by Gasteiger charge is 2.43. The fraction of sp³-hybridized carbons (Fsp3) is 0.485. The number of nitrogens with one attached hydrogen (secondary N) is 2. The van der Waals surface area contributed by atoms with Crippen molar-refractivity contribution in [3.8, 4) is 0 Å². The first-order valence-electron chi connectivity index (χ1n) is 14.7. The van der Waals surface area contributed by atoms with Crippen LogP contribution in [0.5, 0.6) is 0 Å². The maximum atomic E-state index is 14.2. The normalized spacial score (nSPS) is 16.1. The number of hydrogen-bond donors (Lipinski definition) is 3. The Balaban J connectivity index is 1.87. The molecule has 11 nitrogen and oxygen atoms in total. The largest absolute Gasteiger partial charge is 0.458 e. The van der Waals surface area contributed by atoms with E-state index in [0.717, 1.165) is 16.7 Å². The standard InChI is InChI=1S/C33H44N4O7/c1-32(2,3)27(36-31(42)43-20-21-12-8-7-9-13-21)29(40)37-19-23-15-11-10-14-22(23)18-25(37)28(39)35-24(16-17-26(34)38)30(41)44-33(4,5)6/h7-15,24-25,27H,16-20H2,1-6H3,(H2,34,38)(H,35,39)(H,36,42)/t24-,25-,27+/m0/s1. The molecule has 1 aliphatic rings. The van der Waals surface area contributed by atoms with Gasteiger partial charge < -0.3 is 30.7 Å². The van der Waals surface area contributed by atoms with E-state index in [-0.39, 0.29) is 32.4 Å². The summed E-state index contributed by atoms with van der Waals surface area (Å²) >= 11 is 0. The number of alkyl carbamates (subject to hydrolysis) is 1. The number of nitrogens with two attached hydrogens (primary N) is 1. The van der Waals surface area contributed by atoms with E-state index in [1.165, 1.54) is 4.90 Å². The highest BCUT2D eigenvalue weighted by Crippen LogP contribution is 2.28. The third-order valence-corrected chi connectivity index (χ3v) is 7.11. The molecular weight excluding hydrogens is 564 g/mol. The second kappa shape index (κ2) is 14.4. The predicted molar refractivity (Wildman–Crippen MR) is 164 cm³/mol. The molecule has 2 aromatic rings. The number of fused-ring (bicyclic) bond motifs is 1. The molecular formula is C33H44N4O7. The van der Waals surface area contributed by atoms with Crippen molar-refractivity contribution in [1.29, 1.82) is 0 Å². The Bertz CT molecular complexity index is 1350. The Kier molecular flexibility index (Phi) is 11.1. The van der Waals surface area contributed by atoms with Crippen LogP contribution in [0, 0.1) is 5.41 Å². The molecule has 0 spiro atoms. The van der Waals surface area contributed by atoms with Gasteiger partial charge in [0, 0.05) is 19.4 Å². The maximum absolute atomic E-state index is 14.2. The molecule has 0 aromatic heterocycles. The first-order valence-corrected chi connectivity index (χ1v) is 14.7. The van der Waals surface area contributed by atoms with Gasteiger partial charge in [-0.3, -0.25) is 14.4 Å². The van der Waals surface area contributed by atoms with Crippen molar-refractivity contribution in [1.82, 2.24) is 15.5 Å². The van der Waals surface area contributed by atoms with Crippen LogP contribution in [0.2, 0.25) is 0 Å². The van der Waals surface area contributed by atoms with Crippen LogP contribution in [0.3, 0.4) is 0 Å². The fourth-order valence-corrected chi connectivity index (χ4v) is 4.86. The second-order valence-electron chi connectivity index (χ2n) is 13.1. The Hall–Kier alpha value is -4.41. The van der Waals surface area contributed by atoms with Crippen molar-refractivity contribution >= 4 is 29.8 Å². The summed E-state index contributed by atoms with van der Waals surface area (Å²) in [7, 11) is 0. The van der Waals surface area contributed by atoms with Crippen LogP contribution in [-0.2, 0) is 48.2 Å². The molecule has 238 valence electrons. The van der Waals surface area contributed by atoms with E-state index in [1.807, 2.05) is 75.4 Å². The van der Waals surface area contributed by atoms with Gasteiger partial charge in [-0.2, -0.15) is 0 Å². The monoisotopic (exact) mass is 608 g/mol. The zero-order valence-corrected chi connectivity index (χ0v) is 26.3. The summed E-state index contributed by atoms with van der Waals surface area (Å²) in [4.78, 5) is 66.9. The van der Waals surface area contributed by atoms with Crippen LogP contribution in [0.4, 0.5) is 4.79 Å². The molecule has 0 radical (unpaired) electrons. The third kappa shape index (κ3) is 9.82. The summed E-state index contributed by atoms with van der Waals surface area (Å²) in [5.41, 5.74) is 6.28. The van der Waals surface area contributed by atoms with Crippen LogP contribution < -0.4 is 16.4 Å². The molecule has 0 aliphatic carbocycles. The van der Waals surface area contributed by atoms with E-state index in [1.54, 1.807) is 20.8 Å². The summed E-state index contributed by atoms with van der Waals surface area (Å²) in [5.74, 6) is -2.41. The molecule has 44 heavy (non-hydrogen) atoms. The number of primary amides is 1. The summed E-state index contributed by atoms with van der Waals surface area (Å²) in [6.45, 7) is 10.6. The third-order valence-electron chi connectivity index (χ3n) is 7.11. The van der Waals surface area contributed by atoms with Gasteiger partial charge in [-0.1, -0.05) is 75.4 Å². The number of hydrogen-bond acceptors (Lipinski definition) is 7. The number of carbonyl (C=O) groups excluding carboxylic acids is 5. The predicted octanol–water partition coefficient (Wildman–Crippen LogP) is 3.37. The van der Waals surface area contributed by atoms with Gasteiger partial charge in [0.15, 0.2) is 0 Å². The van der Waals surface area contributed by atoms with Crippen molar-refractivity contribution in [3.63, 3.8) is 0 Å². The molecule has 11 heteroatoms.